The molecular weight excluding hydrogens is 326 g/mol. The third-order valence-electron chi connectivity index (χ3n) is 2.38. The van der Waals surface area contributed by atoms with Gasteiger partial charge in [0.1, 0.15) is 5.82 Å². The lowest BCUT2D eigenvalue weighted by molar-refractivity contribution is -0.146. The molecule has 0 unspecified atom stereocenters. The number of amides is 1. The standard InChI is InChI=1S/C11H9F4N5OS/c12-6-1-3-7(4-2-6)17-8(21)5-22-10-19-18-9(20(10)16)11(13,14)15/h1-4H,5,16H2,(H,17,21). The van der Waals surface area contributed by atoms with Crippen LogP contribution < -0.4 is 11.2 Å². The van der Waals surface area contributed by atoms with Gasteiger partial charge in [-0.3, -0.25) is 4.79 Å². The molecule has 0 aliphatic carbocycles. The van der Waals surface area contributed by atoms with Crippen molar-refractivity contribution in [3.05, 3.63) is 35.9 Å². The van der Waals surface area contributed by atoms with E-state index in [2.05, 4.69) is 15.5 Å². The minimum Gasteiger partial charge on any atom is -0.335 e. The predicted molar refractivity (Wildman–Crippen MR) is 70.9 cm³/mol. The van der Waals surface area contributed by atoms with Gasteiger partial charge in [0.25, 0.3) is 5.82 Å². The summed E-state index contributed by atoms with van der Waals surface area (Å²) in [6.07, 6.45) is -4.73. The molecule has 0 aliphatic rings. The van der Waals surface area contributed by atoms with E-state index in [9.17, 15) is 22.4 Å². The number of nitrogens with two attached hydrogens (primary N) is 1. The smallest absolute Gasteiger partial charge is 0.335 e. The first-order valence-corrected chi connectivity index (χ1v) is 6.72. The summed E-state index contributed by atoms with van der Waals surface area (Å²) in [5, 5.41) is 8.40. The van der Waals surface area contributed by atoms with Crippen molar-refractivity contribution in [1.82, 2.24) is 14.9 Å². The largest absolute Gasteiger partial charge is 0.453 e. The quantitative estimate of drug-likeness (QED) is 0.506. The lowest BCUT2D eigenvalue weighted by atomic mass is 10.3. The number of benzene rings is 1. The van der Waals surface area contributed by atoms with E-state index in [0.717, 1.165) is 12.1 Å². The SMILES string of the molecule is Nn1c(SCC(=O)Nc2ccc(F)cc2)nnc1C(F)(F)F. The Labute approximate surface area is 125 Å². The molecular formula is C11H9F4N5OS. The molecule has 2 aromatic rings. The summed E-state index contributed by atoms with van der Waals surface area (Å²) in [5.41, 5.74) is 0.359. The molecule has 0 radical (unpaired) electrons. The number of carbonyl (C=O) groups excluding carboxylic acids is 1. The number of carbonyl (C=O) groups is 1. The monoisotopic (exact) mass is 335 g/mol. The third kappa shape index (κ3) is 3.87. The lowest BCUT2D eigenvalue weighted by Gasteiger charge is -2.06. The molecule has 0 saturated carbocycles. The number of nitrogens with zero attached hydrogens (tertiary/aromatic N) is 3. The van der Waals surface area contributed by atoms with Crippen molar-refractivity contribution in [1.29, 1.82) is 0 Å². The summed E-state index contributed by atoms with van der Waals surface area (Å²) in [7, 11) is 0. The Kier molecular flexibility index (Phi) is 4.54. The van der Waals surface area contributed by atoms with Gasteiger partial charge in [0.2, 0.25) is 11.1 Å². The molecule has 11 heteroatoms. The zero-order valence-electron chi connectivity index (χ0n) is 10.8. The van der Waals surface area contributed by atoms with E-state index in [-0.39, 0.29) is 15.6 Å². The normalized spacial score (nSPS) is 11.5. The van der Waals surface area contributed by atoms with Crippen molar-refractivity contribution in [3.8, 4) is 0 Å². The first kappa shape index (κ1) is 16.1. The fraction of sp³-hybridized carbons (Fsp3) is 0.182. The van der Waals surface area contributed by atoms with E-state index in [0.29, 0.717) is 17.4 Å². The Balaban J connectivity index is 1.94. The van der Waals surface area contributed by atoms with Gasteiger partial charge in [-0.15, -0.1) is 10.2 Å². The van der Waals surface area contributed by atoms with Crippen LogP contribution in [0.3, 0.4) is 0 Å². The van der Waals surface area contributed by atoms with Gasteiger partial charge in [0, 0.05) is 5.69 Å². The molecule has 1 aromatic heterocycles. The molecule has 0 saturated heterocycles. The van der Waals surface area contributed by atoms with Gasteiger partial charge >= 0.3 is 6.18 Å². The zero-order chi connectivity index (χ0) is 16.3. The molecule has 0 spiro atoms. The molecule has 0 fully saturated rings. The highest BCUT2D eigenvalue weighted by molar-refractivity contribution is 7.99. The van der Waals surface area contributed by atoms with Crippen molar-refractivity contribution < 1.29 is 22.4 Å². The molecule has 3 N–H and O–H groups in total. The Morgan fingerprint density at radius 1 is 1.27 bits per heavy atom. The summed E-state index contributed by atoms with van der Waals surface area (Å²) in [6.45, 7) is 0. The first-order chi connectivity index (χ1) is 10.3. The van der Waals surface area contributed by atoms with Crippen molar-refractivity contribution in [2.45, 2.75) is 11.3 Å². The van der Waals surface area contributed by atoms with E-state index < -0.39 is 23.7 Å². The molecule has 1 heterocycles. The number of hydrogen-bond acceptors (Lipinski definition) is 5. The van der Waals surface area contributed by atoms with Crippen LogP contribution in [0.4, 0.5) is 23.2 Å². The predicted octanol–water partition coefficient (Wildman–Crippen LogP) is 1.88. The van der Waals surface area contributed by atoms with Crippen LogP contribution in [0.5, 0.6) is 0 Å². The van der Waals surface area contributed by atoms with Crippen molar-refractivity contribution in [2.24, 2.45) is 0 Å². The second kappa shape index (κ2) is 6.22. The number of aromatic nitrogens is 3. The highest BCUT2D eigenvalue weighted by atomic mass is 32.2. The van der Waals surface area contributed by atoms with Gasteiger partial charge in [0.15, 0.2) is 0 Å². The second-order valence-electron chi connectivity index (χ2n) is 4.02. The number of nitrogens with one attached hydrogen (secondary N) is 1. The van der Waals surface area contributed by atoms with Gasteiger partial charge in [-0.05, 0) is 24.3 Å². The molecule has 118 valence electrons. The second-order valence-corrected chi connectivity index (χ2v) is 4.96. The average molecular weight is 335 g/mol. The topological polar surface area (TPSA) is 85.8 Å². The highest BCUT2D eigenvalue weighted by Crippen LogP contribution is 2.28. The van der Waals surface area contributed by atoms with Gasteiger partial charge in [0.05, 0.1) is 5.75 Å². The number of anilines is 1. The molecule has 1 aromatic carbocycles. The van der Waals surface area contributed by atoms with Gasteiger partial charge < -0.3 is 11.2 Å². The molecule has 22 heavy (non-hydrogen) atoms. The van der Waals surface area contributed by atoms with Crippen molar-refractivity contribution >= 4 is 23.4 Å². The number of rotatable bonds is 4. The van der Waals surface area contributed by atoms with Crippen LogP contribution in [-0.4, -0.2) is 26.5 Å². The maximum absolute atomic E-state index is 12.7. The molecule has 6 nitrogen and oxygen atoms in total. The van der Waals surface area contributed by atoms with Gasteiger partial charge in [-0.1, -0.05) is 11.8 Å². The summed E-state index contributed by atoms with van der Waals surface area (Å²) in [5.74, 6) is 2.68. The maximum Gasteiger partial charge on any atom is 0.453 e. The van der Waals surface area contributed by atoms with Crippen LogP contribution in [0, 0.1) is 5.82 Å². The van der Waals surface area contributed by atoms with E-state index in [1.807, 2.05) is 0 Å². The van der Waals surface area contributed by atoms with Gasteiger partial charge in [-0.2, -0.15) is 13.2 Å². The van der Waals surface area contributed by atoms with Crippen LogP contribution >= 0.6 is 11.8 Å². The summed E-state index contributed by atoms with van der Waals surface area (Å²) in [4.78, 5) is 11.6. The minimum atomic E-state index is -4.73. The van der Waals surface area contributed by atoms with E-state index in [4.69, 9.17) is 5.84 Å². The summed E-state index contributed by atoms with van der Waals surface area (Å²) in [6, 6.07) is 5.03. The third-order valence-corrected chi connectivity index (χ3v) is 3.32. The fourth-order valence-electron chi connectivity index (χ4n) is 1.43. The van der Waals surface area contributed by atoms with E-state index in [1.54, 1.807) is 0 Å². The van der Waals surface area contributed by atoms with E-state index >= 15 is 0 Å². The number of thioether (sulfide) groups is 1. The highest BCUT2D eigenvalue weighted by Gasteiger charge is 2.38. The first-order valence-electron chi connectivity index (χ1n) is 5.73. The molecule has 2 rings (SSSR count). The lowest BCUT2D eigenvalue weighted by Crippen LogP contribution is -2.22. The maximum atomic E-state index is 12.7. The number of alkyl halides is 3. The summed E-state index contributed by atoms with van der Waals surface area (Å²) >= 11 is 0.693. The molecule has 0 atom stereocenters. The Morgan fingerprint density at radius 2 is 1.91 bits per heavy atom. The number of hydrogen-bond donors (Lipinski definition) is 2. The Bertz CT molecular complexity index is 670. The summed E-state index contributed by atoms with van der Waals surface area (Å²) < 4.78 is 50.3. The van der Waals surface area contributed by atoms with E-state index in [1.165, 1.54) is 12.1 Å². The Hall–Kier alpha value is -2.30. The molecule has 0 bridgehead atoms. The number of halogens is 4. The zero-order valence-corrected chi connectivity index (χ0v) is 11.6. The Morgan fingerprint density at radius 3 is 2.45 bits per heavy atom. The van der Waals surface area contributed by atoms with Gasteiger partial charge in [-0.25, -0.2) is 9.07 Å². The number of nitrogen functional groups attached to an aromatic ring is 1. The fourth-order valence-corrected chi connectivity index (χ4v) is 2.09. The average Bonchev–Trinajstić information content (AvgIpc) is 2.80. The molecule has 0 aliphatic heterocycles. The van der Waals surface area contributed by atoms with Crippen LogP contribution in [0.15, 0.2) is 29.4 Å². The molecule has 1 amide bonds. The van der Waals surface area contributed by atoms with Crippen LogP contribution in [0.2, 0.25) is 0 Å². The van der Waals surface area contributed by atoms with Crippen LogP contribution in [0.1, 0.15) is 5.82 Å². The van der Waals surface area contributed by atoms with Crippen molar-refractivity contribution in [2.75, 3.05) is 16.9 Å². The van der Waals surface area contributed by atoms with Crippen LogP contribution in [0.25, 0.3) is 0 Å². The van der Waals surface area contributed by atoms with Crippen molar-refractivity contribution in [3.63, 3.8) is 0 Å². The minimum absolute atomic E-state index is 0.232. The van der Waals surface area contributed by atoms with Crippen LogP contribution in [-0.2, 0) is 11.0 Å².